The Labute approximate surface area is 197 Å². The first kappa shape index (κ1) is 23.3. The summed E-state index contributed by atoms with van der Waals surface area (Å²) < 4.78 is 14.9. The Kier molecular flexibility index (Phi) is 7.15. The van der Waals surface area contributed by atoms with E-state index in [1.54, 1.807) is 22.2 Å². The van der Waals surface area contributed by atoms with Gasteiger partial charge in [0, 0.05) is 55.4 Å². The maximum atomic E-state index is 14.9. The summed E-state index contributed by atoms with van der Waals surface area (Å²) in [7, 11) is 2.02. The number of hydrogen-bond donors (Lipinski definition) is 2. The van der Waals surface area contributed by atoms with Crippen molar-refractivity contribution < 1.29 is 14.0 Å². The van der Waals surface area contributed by atoms with Crippen LogP contribution in [0.15, 0.2) is 67.0 Å². The zero-order valence-electron chi connectivity index (χ0n) is 18.9. The summed E-state index contributed by atoms with van der Waals surface area (Å²) in [6.07, 6.45) is 3.45. The molecule has 0 atom stereocenters. The first-order chi connectivity index (χ1) is 16.5. The highest BCUT2D eigenvalue weighted by atomic mass is 19.1. The first-order valence-corrected chi connectivity index (χ1v) is 11.0. The van der Waals surface area contributed by atoms with Gasteiger partial charge < -0.3 is 9.80 Å². The van der Waals surface area contributed by atoms with E-state index in [1.165, 1.54) is 12.1 Å². The highest BCUT2D eigenvalue weighted by Crippen LogP contribution is 2.26. The Balaban J connectivity index is 1.63. The molecule has 0 unspecified atom stereocenters. The number of likely N-dealkylation sites (N-methyl/N-ethyl adjacent to an activating group) is 1. The van der Waals surface area contributed by atoms with Crippen molar-refractivity contribution in [1.29, 1.82) is 0 Å². The van der Waals surface area contributed by atoms with Gasteiger partial charge in [0.15, 0.2) is 0 Å². The van der Waals surface area contributed by atoms with E-state index in [1.807, 2.05) is 48.9 Å². The van der Waals surface area contributed by atoms with Crippen LogP contribution in [0.3, 0.4) is 0 Å². The van der Waals surface area contributed by atoms with Crippen molar-refractivity contribution in [3.63, 3.8) is 0 Å². The van der Waals surface area contributed by atoms with E-state index in [0.29, 0.717) is 24.3 Å². The molecule has 4 rings (SSSR count). The molecule has 0 spiro atoms. The number of halogens is 1. The first-order valence-electron chi connectivity index (χ1n) is 11.0. The Hall–Kier alpha value is -3.82. The van der Waals surface area contributed by atoms with Crippen molar-refractivity contribution >= 4 is 17.6 Å². The van der Waals surface area contributed by atoms with Crippen LogP contribution in [0, 0.1) is 5.82 Å². The number of nitrogens with two attached hydrogens (primary N) is 1. The van der Waals surface area contributed by atoms with E-state index in [4.69, 9.17) is 5.84 Å². The lowest BCUT2D eigenvalue weighted by Gasteiger charge is -2.36. The van der Waals surface area contributed by atoms with Crippen molar-refractivity contribution in [2.24, 2.45) is 5.84 Å². The molecule has 34 heavy (non-hydrogen) atoms. The summed E-state index contributed by atoms with van der Waals surface area (Å²) in [4.78, 5) is 34.8. The molecule has 1 saturated heterocycles. The highest BCUT2D eigenvalue weighted by Gasteiger charge is 2.26. The summed E-state index contributed by atoms with van der Waals surface area (Å²) in [6.45, 7) is 2.77. The fourth-order valence-electron chi connectivity index (χ4n) is 3.89. The zero-order valence-corrected chi connectivity index (χ0v) is 18.9. The van der Waals surface area contributed by atoms with Crippen LogP contribution in [-0.4, -0.2) is 59.9 Å². The van der Waals surface area contributed by atoms with Crippen LogP contribution < -0.4 is 16.2 Å². The molecule has 0 saturated carbocycles. The number of rotatable bonds is 5. The van der Waals surface area contributed by atoms with Gasteiger partial charge in [0.1, 0.15) is 5.82 Å². The monoisotopic (exact) mass is 462 g/mol. The van der Waals surface area contributed by atoms with Gasteiger partial charge in [0.05, 0.1) is 6.54 Å². The summed E-state index contributed by atoms with van der Waals surface area (Å²) in [5.74, 6) is 3.99. The molecule has 2 heterocycles. The Morgan fingerprint density at radius 2 is 1.65 bits per heavy atom. The van der Waals surface area contributed by atoms with Gasteiger partial charge in [0.2, 0.25) is 0 Å². The summed E-state index contributed by atoms with van der Waals surface area (Å²) in [5.41, 5.74) is 5.06. The number of anilines is 1. The molecule has 0 bridgehead atoms. The van der Waals surface area contributed by atoms with E-state index in [-0.39, 0.29) is 18.1 Å². The number of nitrogen functional groups attached to an aromatic ring is 1. The van der Waals surface area contributed by atoms with Gasteiger partial charge in [-0.05, 0) is 54.6 Å². The molecule has 1 fully saturated rings. The van der Waals surface area contributed by atoms with Gasteiger partial charge in [-0.15, -0.1) is 0 Å². The number of amides is 3. The van der Waals surface area contributed by atoms with Crippen LogP contribution in [0.1, 0.15) is 15.9 Å². The quantitative estimate of drug-likeness (QED) is 0.345. The molecule has 2 aromatic carbocycles. The zero-order chi connectivity index (χ0) is 24.1. The van der Waals surface area contributed by atoms with Crippen LogP contribution in [0.4, 0.5) is 14.9 Å². The van der Waals surface area contributed by atoms with E-state index in [0.717, 1.165) is 30.3 Å². The van der Waals surface area contributed by atoms with Gasteiger partial charge in [-0.3, -0.25) is 20.1 Å². The van der Waals surface area contributed by atoms with Crippen LogP contribution in [-0.2, 0) is 6.54 Å². The number of piperazine rings is 1. The second-order valence-corrected chi connectivity index (χ2v) is 8.22. The van der Waals surface area contributed by atoms with Crippen LogP contribution in [0.5, 0.6) is 0 Å². The van der Waals surface area contributed by atoms with E-state index < -0.39 is 11.7 Å². The number of urea groups is 1. The van der Waals surface area contributed by atoms with E-state index in [9.17, 15) is 14.0 Å². The van der Waals surface area contributed by atoms with Gasteiger partial charge in [0.25, 0.3) is 5.91 Å². The van der Waals surface area contributed by atoms with Gasteiger partial charge >= 0.3 is 6.03 Å². The van der Waals surface area contributed by atoms with Crippen molar-refractivity contribution in [1.82, 2.24) is 20.2 Å². The molecule has 9 heteroatoms. The normalized spacial score (nSPS) is 14.0. The molecule has 0 radical (unpaired) electrons. The van der Waals surface area contributed by atoms with E-state index in [2.05, 4.69) is 9.88 Å². The number of nitrogens with zero attached hydrogens (tertiary/aromatic N) is 4. The standard InChI is InChI=1S/C25H27FN6O2/c1-30-12-14-31(15-13-30)25(34)32(17-21-3-2-20(16-23(21)26)24(33)29-27)22-6-4-18(5-7-22)19-8-10-28-11-9-19/h2-11,16H,12-15,17,27H2,1H3,(H,29,33). The molecular formula is C25H27FN6O2. The predicted molar refractivity (Wildman–Crippen MR) is 128 cm³/mol. The number of carbonyl (C=O) groups is 2. The minimum Gasteiger partial charge on any atom is -0.322 e. The number of nitrogens with one attached hydrogen (secondary N) is 1. The van der Waals surface area contributed by atoms with Crippen LogP contribution in [0.2, 0.25) is 0 Å². The SMILES string of the molecule is CN1CCN(C(=O)N(Cc2ccc(C(=O)NN)cc2F)c2ccc(-c3ccncc3)cc2)CC1. The second kappa shape index (κ2) is 10.4. The van der Waals surface area contributed by atoms with Gasteiger partial charge in [-0.25, -0.2) is 15.0 Å². The topological polar surface area (TPSA) is 94.8 Å². The van der Waals surface area contributed by atoms with E-state index >= 15 is 0 Å². The smallest absolute Gasteiger partial charge is 0.322 e. The Morgan fingerprint density at radius 1 is 1.00 bits per heavy atom. The number of hydrazine groups is 1. The fraction of sp³-hybridized carbons (Fsp3) is 0.240. The largest absolute Gasteiger partial charge is 0.324 e. The average Bonchev–Trinajstić information content (AvgIpc) is 2.88. The molecule has 176 valence electrons. The number of carbonyl (C=O) groups excluding carboxylic acids is 2. The summed E-state index contributed by atoms with van der Waals surface area (Å²) >= 11 is 0. The van der Waals surface area contributed by atoms with Crippen LogP contribution >= 0.6 is 0 Å². The minimum atomic E-state index is -0.581. The third-order valence-electron chi connectivity index (χ3n) is 5.97. The number of pyridine rings is 1. The number of benzene rings is 2. The van der Waals surface area contributed by atoms with Crippen LogP contribution in [0.25, 0.3) is 11.1 Å². The second-order valence-electron chi connectivity index (χ2n) is 8.22. The van der Waals surface area contributed by atoms with Gasteiger partial charge in [-0.1, -0.05) is 18.2 Å². The Morgan fingerprint density at radius 3 is 2.26 bits per heavy atom. The molecule has 8 nitrogen and oxygen atoms in total. The minimum absolute atomic E-state index is 0.0239. The lowest BCUT2D eigenvalue weighted by molar-refractivity contribution is 0.0953. The Bertz CT molecular complexity index is 1150. The average molecular weight is 463 g/mol. The van der Waals surface area contributed by atoms with Crippen molar-refractivity contribution in [3.8, 4) is 11.1 Å². The number of hydrogen-bond acceptors (Lipinski definition) is 5. The third kappa shape index (κ3) is 5.22. The molecule has 1 aliphatic rings. The highest BCUT2D eigenvalue weighted by molar-refractivity contribution is 5.94. The van der Waals surface area contributed by atoms with Crippen molar-refractivity contribution in [2.75, 3.05) is 38.1 Å². The van der Waals surface area contributed by atoms with Crippen molar-refractivity contribution in [3.05, 3.63) is 83.9 Å². The lowest BCUT2D eigenvalue weighted by Crippen LogP contribution is -2.52. The maximum absolute atomic E-state index is 14.9. The molecule has 0 aliphatic carbocycles. The molecule has 3 amide bonds. The molecule has 1 aromatic heterocycles. The lowest BCUT2D eigenvalue weighted by atomic mass is 10.1. The third-order valence-corrected chi connectivity index (χ3v) is 5.97. The fourth-order valence-corrected chi connectivity index (χ4v) is 3.89. The molecule has 3 N–H and O–H groups in total. The molecule has 3 aromatic rings. The summed E-state index contributed by atoms with van der Waals surface area (Å²) in [5, 5.41) is 0. The molecular weight excluding hydrogens is 435 g/mol. The van der Waals surface area contributed by atoms with Gasteiger partial charge in [-0.2, -0.15) is 0 Å². The molecule has 1 aliphatic heterocycles. The predicted octanol–water partition coefficient (Wildman–Crippen LogP) is 2.87. The summed E-state index contributed by atoms with van der Waals surface area (Å²) in [6, 6.07) is 15.3. The number of aromatic nitrogens is 1. The van der Waals surface area contributed by atoms with Crippen molar-refractivity contribution in [2.45, 2.75) is 6.54 Å². The maximum Gasteiger partial charge on any atom is 0.324 e.